The Morgan fingerprint density at radius 2 is 1.84 bits per heavy atom. The van der Waals surface area contributed by atoms with Gasteiger partial charge >= 0.3 is 0 Å². The van der Waals surface area contributed by atoms with Crippen molar-refractivity contribution < 1.29 is 4.79 Å². The summed E-state index contributed by atoms with van der Waals surface area (Å²) in [7, 11) is 0. The van der Waals surface area contributed by atoms with Gasteiger partial charge in [0.25, 0.3) is 11.5 Å². The molecule has 0 saturated carbocycles. The summed E-state index contributed by atoms with van der Waals surface area (Å²) in [6.45, 7) is 3.55. The quantitative estimate of drug-likeness (QED) is 0.524. The summed E-state index contributed by atoms with van der Waals surface area (Å²) in [5.74, 6) is 2.24. The van der Waals surface area contributed by atoms with Crippen molar-refractivity contribution in [2.24, 2.45) is 0 Å². The minimum Gasteiger partial charge on any atom is -0.343 e. The lowest BCUT2D eigenvalue weighted by atomic mass is 10.0. The highest BCUT2D eigenvalue weighted by molar-refractivity contribution is 5.93. The van der Waals surface area contributed by atoms with E-state index in [4.69, 9.17) is 6.42 Å². The van der Waals surface area contributed by atoms with Crippen LogP contribution in [0.15, 0.2) is 71.8 Å². The second-order valence-electron chi connectivity index (χ2n) is 7.14. The summed E-state index contributed by atoms with van der Waals surface area (Å²) in [5.41, 5.74) is 2.40. The fourth-order valence-corrected chi connectivity index (χ4v) is 3.63. The Morgan fingerprint density at radius 3 is 2.55 bits per heavy atom. The molecule has 1 N–H and O–H groups in total. The Bertz CT molecular complexity index is 1380. The highest BCUT2D eigenvalue weighted by Crippen LogP contribution is 2.23. The first-order chi connectivity index (χ1) is 15.0. The number of rotatable bonds is 4. The summed E-state index contributed by atoms with van der Waals surface area (Å²) >= 11 is 0. The number of terminal acetylenes is 1. The van der Waals surface area contributed by atoms with Crippen LogP contribution in [0, 0.1) is 19.3 Å². The van der Waals surface area contributed by atoms with Gasteiger partial charge in [0.1, 0.15) is 5.69 Å². The van der Waals surface area contributed by atoms with Gasteiger partial charge in [0.15, 0.2) is 0 Å². The minimum atomic E-state index is -0.485. The van der Waals surface area contributed by atoms with E-state index in [0.717, 1.165) is 5.39 Å². The standard InChI is InChI=1S/C25H20N4O2/c1-4-18-9-8-10-19-15-21(16(2)28-24(30)23-17(3)26-13-14-27-23)29(25(31)22(18)19)20-11-6-5-7-12-20/h1,5-16H,2-3H3,(H,28,30). The molecule has 0 saturated heterocycles. The predicted octanol–water partition coefficient (Wildman–Crippen LogP) is 3.56. The Kier molecular flexibility index (Phi) is 5.33. The van der Waals surface area contributed by atoms with E-state index in [0.29, 0.717) is 28.0 Å². The third kappa shape index (κ3) is 3.69. The van der Waals surface area contributed by atoms with E-state index in [1.807, 2.05) is 55.5 Å². The van der Waals surface area contributed by atoms with Crippen LogP contribution in [0.3, 0.4) is 0 Å². The van der Waals surface area contributed by atoms with Gasteiger partial charge in [-0.2, -0.15) is 0 Å². The van der Waals surface area contributed by atoms with Crippen molar-refractivity contribution >= 4 is 16.7 Å². The maximum absolute atomic E-state index is 13.6. The molecule has 1 amide bonds. The van der Waals surface area contributed by atoms with Crippen molar-refractivity contribution in [3.63, 3.8) is 0 Å². The maximum atomic E-state index is 13.6. The number of pyridine rings is 1. The molecule has 4 aromatic rings. The number of para-hydroxylation sites is 1. The zero-order valence-electron chi connectivity index (χ0n) is 17.2. The largest absolute Gasteiger partial charge is 0.343 e. The third-order valence-corrected chi connectivity index (χ3v) is 5.13. The number of nitrogens with zero attached hydrogens (tertiary/aromatic N) is 3. The molecule has 0 aliphatic heterocycles. The van der Waals surface area contributed by atoms with Gasteiger partial charge in [-0.1, -0.05) is 36.3 Å². The van der Waals surface area contributed by atoms with Gasteiger partial charge < -0.3 is 5.32 Å². The number of amides is 1. The van der Waals surface area contributed by atoms with Crippen LogP contribution >= 0.6 is 0 Å². The zero-order chi connectivity index (χ0) is 22.0. The van der Waals surface area contributed by atoms with Gasteiger partial charge in [0.05, 0.1) is 17.1 Å². The zero-order valence-corrected chi connectivity index (χ0v) is 17.2. The molecule has 2 aromatic carbocycles. The van der Waals surface area contributed by atoms with Crippen molar-refractivity contribution in [1.29, 1.82) is 0 Å². The van der Waals surface area contributed by atoms with Gasteiger partial charge in [-0.15, -0.1) is 6.42 Å². The number of fused-ring (bicyclic) bond motifs is 1. The fraction of sp³-hybridized carbons (Fsp3) is 0.120. The second kappa shape index (κ2) is 8.25. The fourth-order valence-electron chi connectivity index (χ4n) is 3.63. The number of benzene rings is 2. The van der Waals surface area contributed by atoms with E-state index in [-0.39, 0.29) is 17.2 Å². The van der Waals surface area contributed by atoms with Gasteiger partial charge in [0, 0.05) is 29.3 Å². The van der Waals surface area contributed by atoms with Crippen molar-refractivity contribution in [1.82, 2.24) is 19.9 Å². The molecule has 0 radical (unpaired) electrons. The average molecular weight is 408 g/mol. The monoisotopic (exact) mass is 408 g/mol. The van der Waals surface area contributed by atoms with Crippen molar-refractivity contribution in [3.8, 4) is 18.0 Å². The molecule has 6 heteroatoms. The van der Waals surface area contributed by atoms with Crippen LogP contribution in [-0.4, -0.2) is 20.4 Å². The molecule has 31 heavy (non-hydrogen) atoms. The van der Waals surface area contributed by atoms with Crippen LogP contribution in [0.25, 0.3) is 16.5 Å². The van der Waals surface area contributed by atoms with Crippen molar-refractivity contribution in [2.75, 3.05) is 0 Å². The Hall–Kier alpha value is -4.24. The lowest BCUT2D eigenvalue weighted by molar-refractivity contribution is 0.0932. The van der Waals surface area contributed by atoms with Crippen LogP contribution in [0.4, 0.5) is 0 Å². The molecule has 0 aliphatic rings. The van der Waals surface area contributed by atoms with Crippen LogP contribution in [0.1, 0.15) is 40.4 Å². The normalized spacial score (nSPS) is 11.6. The molecular formula is C25H20N4O2. The number of hydrogen-bond acceptors (Lipinski definition) is 4. The number of aryl methyl sites for hydroxylation is 1. The Balaban J connectivity index is 1.89. The first-order valence-corrected chi connectivity index (χ1v) is 9.80. The number of nitrogens with one attached hydrogen (secondary N) is 1. The van der Waals surface area contributed by atoms with E-state index in [9.17, 15) is 9.59 Å². The second-order valence-corrected chi connectivity index (χ2v) is 7.14. The lowest BCUT2D eigenvalue weighted by Crippen LogP contribution is -2.33. The molecule has 6 nitrogen and oxygen atoms in total. The van der Waals surface area contributed by atoms with E-state index < -0.39 is 6.04 Å². The Morgan fingerprint density at radius 1 is 1.10 bits per heavy atom. The molecule has 152 valence electrons. The van der Waals surface area contributed by atoms with Crippen molar-refractivity contribution in [2.45, 2.75) is 19.9 Å². The molecule has 0 spiro atoms. The molecule has 0 fully saturated rings. The van der Waals surface area contributed by atoms with Crippen LogP contribution in [0.5, 0.6) is 0 Å². The summed E-state index contributed by atoms with van der Waals surface area (Å²) < 4.78 is 1.59. The summed E-state index contributed by atoms with van der Waals surface area (Å²) in [5, 5.41) is 4.14. The van der Waals surface area contributed by atoms with Gasteiger partial charge in [0.2, 0.25) is 0 Å². The van der Waals surface area contributed by atoms with Crippen molar-refractivity contribution in [3.05, 3.63) is 100.0 Å². The van der Waals surface area contributed by atoms with E-state index in [2.05, 4.69) is 21.2 Å². The van der Waals surface area contributed by atoms with E-state index in [1.54, 1.807) is 17.6 Å². The molecule has 2 heterocycles. The number of carbonyl (C=O) groups excluding carboxylic acids is 1. The number of aromatic nitrogens is 3. The first-order valence-electron chi connectivity index (χ1n) is 9.80. The molecule has 0 bridgehead atoms. The molecule has 2 aromatic heterocycles. The van der Waals surface area contributed by atoms with E-state index in [1.165, 1.54) is 12.4 Å². The maximum Gasteiger partial charge on any atom is 0.272 e. The molecule has 1 atom stereocenters. The van der Waals surface area contributed by atoms with Gasteiger partial charge in [-0.3, -0.25) is 19.1 Å². The highest BCUT2D eigenvalue weighted by atomic mass is 16.2. The summed E-state index contributed by atoms with van der Waals surface area (Å²) in [4.78, 5) is 34.6. The number of carbonyl (C=O) groups is 1. The highest BCUT2D eigenvalue weighted by Gasteiger charge is 2.21. The smallest absolute Gasteiger partial charge is 0.272 e. The third-order valence-electron chi connectivity index (χ3n) is 5.13. The summed E-state index contributed by atoms with van der Waals surface area (Å²) in [6, 6.07) is 16.1. The minimum absolute atomic E-state index is 0.232. The predicted molar refractivity (Wildman–Crippen MR) is 120 cm³/mol. The molecule has 1 unspecified atom stereocenters. The van der Waals surface area contributed by atoms with Crippen LogP contribution in [0.2, 0.25) is 0 Å². The van der Waals surface area contributed by atoms with E-state index >= 15 is 0 Å². The molecule has 0 aliphatic carbocycles. The topological polar surface area (TPSA) is 76.9 Å². The first kappa shape index (κ1) is 20.0. The van der Waals surface area contributed by atoms with Gasteiger partial charge in [-0.25, -0.2) is 4.98 Å². The SMILES string of the molecule is C#Cc1cccc2cc(C(C)NC(=O)c3nccnc3C)n(-c3ccccc3)c(=O)c12. The molecular weight excluding hydrogens is 388 g/mol. The van der Waals surface area contributed by atoms with Gasteiger partial charge in [-0.05, 0) is 43.5 Å². The van der Waals surface area contributed by atoms with Crippen LogP contribution in [-0.2, 0) is 0 Å². The lowest BCUT2D eigenvalue weighted by Gasteiger charge is -2.21. The molecule has 4 rings (SSSR count). The Labute approximate surface area is 179 Å². The summed E-state index contributed by atoms with van der Waals surface area (Å²) in [6.07, 6.45) is 8.66. The number of hydrogen-bond donors (Lipinski definition) is 1. The average Bonchev–Trinajstić information content (AvgIpc) is 2.79. The van der Waals surface area contributed by atoms with Crippen LogP contribution < -0.4 is 10.9 Å².